The quantitative estimate of drug-likeness (QED) is 0.737. The third-order valence-electron chi connectivity index (χ3n) is 3.53. The third-order valence-corrected chi connectivity index (χ3v) is 3.53. The van der Waals surface area contributed by atoms with Crippen LogP contribution in [0, 0.1) is 0 Å². The fourth-order valence-corrected chi connectivity index (χ4v) is 2.57. The maximum absolute atomic E-state index is 12.1. The van der Waals surface area contributed by atoms with Crippen LogP contribution in [0.25, 0.3) is 0 Å². The van der Waals surface area contributed by atoms with Crippen molar-refractivity contribution in [3.8, 4) is 0 Å². The Bertz CT molecular complexity index is 261. The lowest BCUT2D eigenvalue weighted by molar-refractivity contribution is -0.134. The minimum absolute atomic E-state index is 0.0250. The van der Waals surface area contributed by atoms with E-state index in [1.54, 1.807) is 0 Å². The van der Waals surface area contributed by atoms with Gasteiger partial charge in [0.05, 0.1) is 6.04 Å². The molecule has 1 fully saturated rings. The van der Waals surface area contributed by atoms with E-state index in [9.17, 15) is 4.79 Å². The molecule has 2 aliphatic rings. The van der Waals surface area contributed by atoms with Gasteiger partial charge in [-0.3, -0.25) is 4.79 Å². The molecule has 0 aromatic carbocycles. The number of hydrogen-bond acceptors (Lipinski definition) is 2. The van der Waals surface area contributed by atoms with Gasteiger partial charge in [0.15, 0.2) is 0 Å². The van der Waals surface area contributed by atoms with Crippen molar-refractivity contribution in [1.29, 1.82) is 0 Å². The summed E-state index contributed by atoms with van der Waals surface area (Å²) in [6.45, 7) is 3.90. The summed E-state index contributed by atoms with van der Waals surface area (Å²) < 4.78 is 0. The van der Waals surface area contributed by atoms with E-state index in [0.717, 1.165) is 25.9 Å². The topological polar surface area (TPSA) is 32.3 Å². The third kappa shape index (κ3) is 2.85. The van der Waals surface area contributed by atoms with E-state index in [-0.39, 0.29) is 11.9 Å². The average Bonchev–Trinajstić information content (AvgIpc) is 2.82. The van der Waals surface area contributed by atoms with Crippen LogP contribution < -0.4 is 5.32 Å². The highest BCUT2D eigenvalue weighted by Gasteiger charge is 2.24. The fraction of sp³-hybridized carbons (Fsp3) is 0.769. The Morgan fingerprint density at radius 2 is 1.88 bits per heavy atom. The van der Waals surface area contributed by atoms with E-state index < -0.39 is 0 Å². The highest BCUT2D eigenvalue weighted by Crippen LogP contribution is 2.13. The molecule has 1 unspecified atom stereocenters. The number of nitrogens with zero attached hydrogens (tertiary/aromatic N) is 1. The number of nitrogens with one attached hydrogen (secondary N) is 1. The van der Waals surface area contributed by atoms with Crippen molar-refractivity contribution in [3.05, 3.63) is 12.2 Å². The van der Waals surface area contributed by atoms with Crippen molar-refractivity contribution in [3.63, 3.8) is 0 Å². The molecule has 0 bridgehead atoms. The number of amides is 1. The number of rotatable bonds is 3. The molecule has 3 heteroatoms. The Morgan fingerprint density at radius 3 is 2.50 bits per heavy atom. The summed E-state index contributed by atoms with van der Waals surface area (Å²) in [6.07, 6.45) is 10.1. The summed E-state index contributed by atoms with van der Waals surface area (Å²) in [5.41, 5.74) is 0. The zero-order chi connectivity index (χ0) is 11.4. The molecule has 1 atom stereocenters. The van der Waals surface area contributed by atoms with E-state index >= 15 is 0 Å². The van der Waals surface area contributed by atoms with E-state index in [4.69, 9.17) is 0 Å². The minimum Gasteiger partial charge on any atom is -0.341 e. The predicted molar refractivity (Wildman–Crippen MR) is 65.2 cm³/mol. The molecule has 90 valence electrons. The first-order valence-electron chi connectivity index (χ1n) is 6.47. The van der Waals surface area contributed by atoms with Crippen LogP contribution in [0.5, 0.6) is 0 Å². The lowest BCUT2D eigenvalue weighted by Gasteiger charge is -2.30. The first-order chi connectivity index (χ1) is 7.77. The van der Waals surface area contributed by atoms with Crippen LogP contribution in [0.2, 0.25) is 0 Å². The first-order valence-corrected chi connectivity index (χ1v) is 6.47. The molecule has 1 heterocycles. The van der Waals surface area contributed by atoms with Crippen molar-refractivity contribution in [1.82, 2.24) is 10.2 Å². The summed E-state index contributed by atoms with van der Waals surface area (Å²) in [7, 11) is 0. The van der Waals surface area contributed by atoms with Gasteiger partial charge in [-0.05, 0) is 39.0 Å². The molecule has 1 N–H and O–H groups in total. The highest BCUT2D eigenvalue weighted by molar-refractivity contribution is 5.81. The molecule has 0 spiro atoms. The minimum atomic E-state index is -0.0250. The maximum Gasteiger partial charge on any atom is 0.239 e. The van der Waals surface area contributed by atoms with Crippen molar-refractivity contribution >= 4 is 5.91 Å². The lowest BCUT2D eigenvalue weighted by atomic mass is 10.1. The lowest BCUT2D eigenvalue weighted by Crippen LogP contribution is -2.49. The number of likely N-dealkylation sites (tertiary alicyclic amines) is 1. The summed E-state index contributed by atoms with van der Waals surface area (Å²) in [5.74, 6) is 0.284. The maximum atomic E-state index is 12.1. The van der Waals surface area contributed by atoms with E-state index in [2.05, 4.69) is 17.5 Å². The van der Waals surface area contributed by atoms with Gasteiger partial charge in [0, 0.05) is 19.1 Å². The van der Waals surface area contributed by atoms with E-state index in [1.165, 1.54) is 19.3 Å². The molecular formula is C13H22N2O. The number of hydrogen-bond donors (Lipinski definition) is 1. The monoisotopic (exact) mass is 222 g/mol. The van der Waals surface area contributed by atoms with Gasteiger partial charge < -0.3 is 10.2 Å². The molecule has 1 aliphatic heterocycles. The molecule has 16 heavy (non-hydrogen) atoms. The molecule has 2 rings (SSSR count). The van der Waals surface area contributed by atoms with Crippen LogP contribution in [-0.2, 0) is 4.79 Å². The van der Waals surface area contributed by atoms with Gasteiger partial charge in [-0.2, -0.15) is 0 Å². The second-order valence-corrected chi connectivity index (χ2v) is 4.91. The SMILES string of the molecule is CC(NC1CC=CC1)C(=O)N1CCCCC1. The summed E-state index contributed by atoms with van der Waals surface area (Å²) in [6, 6.07) is 0.451. The van der Waals surface area contributed by atoms with Crippen molar-refractivity contribution < 1.29 is 4.79 Å². The Kier molecular flexibility index (Phi) is 3.99. The molecule has 1 amide bonds. The number of carbonyl (C=O) groups excluding carboxylic acids is 1. The number of carbonyl (C=O) groups is 1. The van der Waals surface area contributed by atoms with Gasteiger partial charge >= 0.3 is 0 Å². The molecule has 0 aromatic heterocycles. The smallest absolute Gasteiger partial charge is 0.239 e. The van der Waals surface area contributed by atoms with Crippen LogP contribution in [0.4, 0.5) is 0 Å². The largest absolute Gasteiger partial charge is 0.341 e. The normalized spacial score (nSPS) is 23.7. The zero-order valence-corrected chi connectivity index (χ0v) is 10.1. The van der Waals surface area contributed by atoms with Crippen LogP contribution in [-0.4, -0.2) is 36.0 Å². The van der Waals surface area contributed by atoms with Gasteiger partial charge in [-0.1, -0.05) is 12.2 Å². The van der Waals surface area contributed by atoms with Crippen molar-refractivity contribution in [2.24, 2.45) is 0 Å². The molecular weight excluding hydrogens is 200 g/mol. The van der Waals surface area contributed by atoms with Crippen LogP contribution >= 0.6 is 0 Å². The zero-order valence-electron chi connectivity index (χ0n) is 10.1. The Hall–Kier alpha value is -0.830. The standard InChI is InChI=1S/C13H22N2O/c1-11(14-12-7-3-4-8-12)13(16)15-9-5-2-6-10-15/h3-4,11-12,14H,2,5-10H2,1H3. The molecule has 3 nitrogen and oxygen atoms in total. The Morgan fingerprint density at radius 1 is 1.25 bits per heavy atom. The van der Waals surface area contributed by atoms with Gasteiger partial charge in [0.25, 0.3) is 0 Å². The molecule has 0 saturated carbocycles. The molecule has 1 saturated heterocycles. The molecule has 0 radical (unpaired) electrons. The van der Waals surface area contributed by atoms with Gasteiger partial charge in [0.2, 0.25) is 5.91 Å². The predicted octanol–water partition coefficient (Wildman–Crippen LogP) is 1.70. The van der Waals surface area contributed by atoms with Gasteiger partial charge in [-0.15, -0.1) is 0 Å². The second-order valence-electron chi connectivity index (χ2n) is 4.91. The summed E-state index contributed by atoms with van der Waals surface area (Å²) >= 11 is 0. The Labute approximate surface area is 97.9 Å². The van der Waals surface area contributed by atoms with Crippen molar-refractivity contribution in [2.75, 3.05) is 13.1 Å². The second kappa shape index (κ2) is 5.48. The van der Waals surface area contributed by atoms with Crippen molar-refractivity contribution in [2.45, 2.75) is 51.1 Å². The summed E-state index contributed by atoms with van der Waals surface area (Å²) in [4.78, 5) is 14.1. The van der Waals surface area contributed by atoms with Crippen LogP contribution in [0.15, 0.2) is 12.2 Å². The van der Waals surface area contributed by atoms with E-state index in [1.807, 2.05) is 11.8 Å². The molecule has 0 aromatic rings. The van der Waals surface area contributed by atoms with Gasteiger partial charge in [0.1, 0.15) is 0 Å². The Balaban J connectivity index is 1.78. The number of piperidine rings is 1. The van der Waals surface area contributed by atoms with Gasteiger partial charge in [-0.25, -0.2) is 0 Å². The van der Waals surface area contributed by atoms with E-state index in [0.29, 0.717) is 6.04 Å². The molecule has 1 aliphatic carbocycles. The highest BCUT2D eigenvalue weighted by atomic mass is 16.2. The van der Waals surface area contributed by atoms with Crippen LogP contribution in [0.3, 0.4) is 0 Å². The summed E-state index contributed by atoms with van der Waals surface area (Å²) in [5, 5.41) is 3.42. The fourth-order valence-electron chi connectivity index (χ4n) is 2.57. The first kappa shape index (κ1) is 11.6. The van der Waals surface area contributed by atoms with Crippen LogP contribution in [0.1, 0.15) is 39.0 Å². The average molecular weight is 222 g/mol.